The molecule has 104 valence electrons. The minimum absolute atomic E-state index is 0.412. The number of rotatable bonds is 5. The molecular formula is C14H16N4OS. The minimum atomic E-state index is 0.412. The van der Waals surface area contributed by atoms with E-state index in [0.29, 0.717) is 22.9 Å². The largest absolute Gasteiger partial charge is 0.492 e. The zero-order valence-corrected chi connectivity index (χ0v) is 12.3. The Morgan fingerprint density at radius 1 is 1.50 bits per heavy atom. The van der Waals surface area contributed by atoms with Crippen LogP contribution in [0.1, 0.15) is 17.5 Å². The molecule has 0 saturated heterocycles. The van der Waals surface area contributed by atoms with E-state index in [1.807, 2.05) is 25.1 Å². The molecule has 0 aliphatic heterocycles. The molecule has 20 heavy (non-hydrogen) atoms. The Kier molecular flexibility index (Phi) is 4.43. The third-order valence-corrected chi connectivity index (χ3v) is 4.09. The van der Waals surface area contributed by atoms with Crippen LogP contribution in [0.4, 0.5) is 10.7 Å². The SMILES string of the molecule is CCN(Cc1ccccn1)c1sc(C#N)c(N)c1OC. The van der Waals surface area contributed by atoms with E-state index in [1.54, 1.807) is 13.3 Å². The van der Waals surface area contributed by atoms with E-state index in [-0.39, 0.29) is 0 Å². The van der Waals surface area contributed by atoms with Crippen molar-refractivity contribution < 1.29 is 4.74 Å². The Morgan fingerprint density at radius 2 is 2.30 bits per heavy atom. The van der Waals surface area contributed by atoms with Gasteiger partial charge in [-0.25, -0.2) is 0 Å². The molecular weight excluding hydrogens is 272 g/mol. The lowest BCUT2D eigenvalue weighted by atomic mass is 10.3. The molecule has 2 aromatic heterocycles. The number of nitrogens with two attached hydrogens (primary N) is 1. The molecule has 0 atom stereocenters. The van der Waals surface area contributed by atoms with Gasteiger partial charge in [-0.15, -0.1) is 11.3 Å². The van der Waals surface area contributed by atoms with E-state index in [2.05, 4.69) is 16.0 Å². The number of aromatic nitrogens is 1. The summed E-state index contributed by atoms with van der Waals surface area (Å²) in [6, 6.07) is 7.92. The summed E-state index contributed by atoms with van der Waals surface area (Å²) in [5.41, 5.74) is 7.30. The smallest absolute Gasteiger partial charge is 0.177 e. The molecule has 2 heterocycles. The molecule has 0 aliphatic rings. The van der Waals surface area contributed by atoms with Gasteiger partial charge < -0.3 is 15.4 Å². The van der Waals surface area contributed by atoms with Gasteiger partial charge in [0.1, 0.15) is 21.6 Å². The third-order valence-electron chi connectivity index (χ3n) is 2.94. The molecule has 5 nitrogen and oxygen atoms in total. The second-order valence-corrected chi connectivity index (χ2v) is 5.13. The molecule has 2 aromatic rings. The summed E-state index contributed by atoms with van der Waals surface area (Å²) in [5, 5.41) is 9.96. The van der Waals surface area contributed by atoms with Crippen LogP contribution in [0.5, 0.6) is 5.75 Å². The molecule has 0 radical (unpaired) electrons. The third kappa shape index (κ3) is 2.68. The molecule has 0 bridgehead atoms. The van der Waals surface area contributed by atoms with Crippen LogP contribution in [0, 0.1) is 11.3 Å². The first kappa shape index (κ1) is 14.2. The van der Waals surface area contributed by atoms with Crippen molar-refractivity contribution in [3.63, 3.8) is 0 Å². The van der Waals surface area contributed by atoms with Crippen LogP contribution in [0.2, 0.25) is 0 Å². The second-order valence-electron chi connectivity index (χ2n) is 4.13. The van der Waals surface area contributed by atoms with Crippen LogP contribution in [0.25, 0.3) is 0 Å². The zero-order valence-electron chi connectivity index (χ0n) is 11.5. The van der Waals surface area contributed by atoms with Crippen molar-refractivity contribution in [3.8, 4) is 11.8 Å². The number of pyridine rings is 1. The van der Waals surface area contributed by atoms with Gasteiger partial charge in [0.25, 0.3) is 0 Å². The summed E-state index contributed by atoms with van der Waals surface area (Å²) >= 11 is 1.35. The van der Waals surface area contributed by atoms with Crippen LogP contribution in [0.15, 0.2) is 24.4 Å². The highest BCUT2D eigenvalue weighted by Crippen LogP contribution is 2.44. The second kappa shape index (κ2) is 6.26. The van der Waals surface area contributed by atoms with Crippen molar-refractivity contribution in [2.45, 2.75) is 13.5 Å². The number of nitriles is 1. The fourth-order valence-corrected chi connectivity index (χ4v) is 2.97. The number of hydrogen-bond acceptors (Lipinski definition) is 6. The van der Waals surface area contributed by atoms with Crippen molar-refractivity contribution in [2.24, 2.45) is 0 Å². The number of hydrogen-bond donors (Lipinski definition) is 1. The Morgan fingerprint density at radius 3 is 2.85 bits per heavy atom. The summed E-state index contributed by atoms with van der Waals surface area (Å²) in [6.45, 7) is 3.47. The molecule has 0 aromatic carbocycles. The van der Waals surface area contributed by atoms with E-state index in [1.165, 1.54) is 11.3 Å². The van der Waals surface area contributed by atoms with Gasteiger partial charge in [0.05, 0.1) is 19.3 Å². The standard InChI is InChI=1S/C14H16N4OS/c1-3-18(9-10-6-4-5-7-17-10)14-13(19-2)12(16)11(8-15)20-14/h4-7H,3,9,16H2,1-2H3. The number of nitrogen functional groups attached to an aromatic ring is 1. The van der Waals surface area contributed by atoms with E-state index >= 15 is 0 Å². The van der Waals surface area contributed by atoms with Crippen LogP contribution in [-0.4, -0.2) is 18.6 Å². The quantitative estimate of drug-likeness (QED) is 0.915. The monoisotopic (exact) mass is 288 g/mol. The highest BCUT2D eigenvalue weighted by Gasteiger charge is 2.21. The van der Waals surface area contributed by atoms with Gasteiger partial charge in [0, 0.05) is 12.7 Å². The molecule has 0 fully saturated rings. The normalized spacial score (nSPS) is 10.1. The van der Waals surface area contributed by atoms with Gasteiger partial charge >= 0.3 is 0 Å². The summed E-state index contributed by atoms with van der Waals surface area (Å²) in [5.74, 6) is 0.573. The molecule has 0 amide bonds. The molecule has 0 spiro atoms. The lowest BCUT2D eigenvalue weighted by molar-refractivity contribution is 0.418. The molecule has 0 aliphatic carbocycles. The molecule has 2 rings (SSSR count). The van der Waals surface area contributed by atoms with Crippen LogP contribution >= 0.6 is 11.3 Å². The Labute approximate surface area is 122 Å². The lowest BCUT2D eigenvalue weighted by Gasteiger charge is -2.21. The first-order valence-electron chi connectivity index (χ1n) is 6.22. The van der Waals surface area contributed by atoms with Crippen LogP contribution in [0.3, 0.4) is 0 Å². The van der Waals surface area contributed by atoms with Crippen molar-refractivity contribution in [1.82, 2.24) is 4.98 Å². The topological polar surface area (TPSA) is 75.2 Å². The highest BCUT2D eigenvalue weighted by atomic mass is 32.1. The van der Waals surface area contributed by atoms with E-state index in [0.717, 1.165) is 17.2 Å². The molecule has 0 unspecified atom stereocenters. The van der Waals surface area contributed by atoms with Gasteiger partial charge in [-0.05, 0) is 19.1 Å². The molecule has 6 heteroatoms. The maximum Gasteiger partial charge on any atom is 0.177 e. The lowest BCUT2D eigenvalue weighted by Crippen LogP contribution is -2.22. The van der Waals surface area contributed by atoms with Gasteiger partial charge in [0.15, 0.2) is 5.75 Å². The van der Waals surface area contributed by atoms with Crippen molar-refractivity contribution in [1.29, 1.82) is 5.26 Å². The predicted molar refractivity (Wildman–Crippen MR) is 81.0 cm³/mol. The fraction of sp³-hybridized carbons (Fsp3) is 0.286. The van der Waals surface area contributed by atoms with Gasteiger partial charge in [-0.2, -0.15) is 5.26 Å². The van der Waals surface area contributed by atoms with Crippen LogP contribution in [-0.2, 0) is 6.54 Å². The number of thiophene rings is 1. The Bertz CT molecular complexity index is 618. The van der Waals surface area contributed by atoms with E-state index in [9.17, 15) is 0 Å². The Balaban J connectivity index is 2.35. The predicted octanol–water partition coefficient (Wildman–Crippen LogP) is 2.63. The van der Waals surface area contributed by atoms with E-state index in [4.69, 9.17) is 15.7 Å². The van der Waals surface area contributed by atoms with E-state index < -0.39 is 0 Å². The molecule has 2 N–H and O–H groups in total. The number of nitrogens with zero attached hydrogens (tertiary/aromatic N) is 3. The van der Waals surface area contributed by atoms with Crippen molar-refractivity contribution >= 4 is 22.0 Å². The Hall–Kier alpha value is -2.26. The average Bonchev–Trinajstić information content (AvgIpc) is 2.81. The summed E-state index contributed by atoms with van der Waals surface area (Å²) in [6.07, 6.45) is 1.77. The number of anilines is 2. The zero-order chi connectivity index (χ0) is 14.5. The summed E-state index contributed by atoms with van der Waals surface area (Å²) in [4.78, 5) is 6.91. The first-order chi connectivity index (χ1) is 9.71. The van der Waals surface area contributed by atoms with Gasteiger partial charge in [-0.1, -0.05) is 6.07 Å². The maximum absolute atomic E-state index is 9.09. The van der Waals surface area contributed by atoms with Crippen molar-refractivity contribution in [3.05, 3.63) is 35.0 Å². The maximum atomic E-state index is 9.09. The average molecular weight is 288 g/mol. The summed E-state index contributed by atoms with van der Waals surface area (Å²) in [7, 11) is 1.57. The summed E-state index contributed by atoms with van der Waals surface area (Å²) < 4.78 is 5.35. The van der Waals surface area contributed by atoms with Gasteiger partial charge in [0.2, 0.25) is 0 Å². The van der Waals surface area contributed by atoms with Gasteiger partial charge in [-0.3, -0.25) is 4.98 Å². The minimum Gasteiger partial charge on any atom is -0.492 e. The highest BCUT2D eigenvalue weighted by molar-refractivity contribution is 7.17. The van der Waals surface area contributed by atoms with Crippen molar-refractivity contribution in [2.75, 3.05) is 24.3 Å². The number of ether oxygens (including phenoxy) is 1. The van der Waals surface area contributed by atoms with Crippen LogP contribution < -0.4 is 15.4 Å². The number of methoxy groups -OCH3 is 1. The fourth-order valence-electron chi connectivity index (χ4n) is 1.92. The molecule has 0 saturated carbocycles. The first-order valence-corrected chi connectivity index (χ1v) is 7.04.